The average molecular weight is 344 g/mol. The van der Waals surface area contributed by atoms with E-state index >= 15 is 0 Å². The Morgan fingerprint density at radius 1 is 1.21 bits per heavy atom. The van der Waals surface area contributed by atoms with Crippen LogP contribution in [0.1, 0.15) is 24.1 Å². The normalized spacial score (nSPS) is 12.2. The SMILES string of the molecule is CCOC(=O)C(NS(=O)(=O)c1cccc(C#N)c1)c1ccccc1. The van der Waals surface area contributed by atoms with Crippen molar-refractivity contribution in [2.75, 3.05) is 6.61 Å². The Balaban J connectivity index is 2.38. The first-order valence-electron chi connectivity index (χ1n) is 7.22. The van der Waals surface area contributed by atoms with E-state index < -0.39 is 22.0 Å². The van der Waals surface area contributed by atoms with Crippen LogP contribution >= 0.6 is 0 Å². The number of hydrogen-bond acceptors (Lipinski definition) is 5. The Hall–Kier alpha value is -2.69. The molecule has 0 aliphatic rings. The monoisotopic (exact) mass is 344 g/mol. The maximum absolute atomic E-state index is 12.6. The van der Waals surface area contributed by atoms with Gasteiger partial charge in [0.2, 0.25) is 10.0 Å². The van der Waals surface area contributed by atoms with Gasteiger partial charge in [0.15, 0.2) is 0 Å². The Labute approximate surface area is 140 Å². The van der Waals surface area contributed by atoms with E-state index in [1.165, 1.54) is 24.3 Å². The largest absolute Gasteiger partial charge is 0.465 e. The van der Waals surface area contributed by atoms with Crippen molar-refractivity contribution in [1.29, 1.82) is 5.26 Å². The molecule has 0 aliphatic heterocycles. The Morgan fingerprint density at radius 2 is 1.92 bits per heavy atom. The quantitative estimate of drug-likeness (QED) is 0.810. The summed E-state index contributed by atoms with van der Waals surface area (Å²) in [5.41, 5.74) is 0.682. The standard InChI is InChI=1S/C17H16N2O4S/c1-2-23-17(20)16(14-8-4-3-5-9-14)19-24(21,22)15-10-6-7-13(11-15)12-18/h3-11,16,19H,2H2,1H3. The number of carbonyl (C=O) groups excluding carboxylic acids is 1. The predicted molar refractivity (Wildman–Crippen MR) is 87.3 cm³/mol. The number of hydrogen-bond donors (Lipinski definition) is 1. The van der Waals surface area contributed by atoms with E-state index in [1.807, 2.05) is 6.07 Å². The Morgan fingerprint density at radius 3 is 2.54 bits per heavy atom. The number of sulfonamides is 1. The van der Waals surface area contributed by atoms with Gasteiger partial charge in [0, 0.05) is 0 Å². The summed E-state index contributed by atoms with van der Waals surface area (Å²) in [6, 6.07) is 14.7. The molecular weight excluding hydrogens is 328 g/mol. The summed E-state index contributed by atoms with van der Waals surface area (Å²) < 4.78 is 32.4. The van der Waals surface area contributed by atoms with Gasteiger partial charge in [-0.3, -0.25) is 0 Å². The van der Waals surface area contributed by atoms with E-state index in [-0.39, 0.29) is 17.1 Å². The lowest BCUT2D eigenvalue weighted by atomic mass is 10.1. The van der Waals surface area contributed by atoms with Crippen LogP contribution in [0.25, 0.3) is 0 Å². The van der Waals surface area contributed by atoms with Crippen molar-refractivity contribution < 1.29 is 17.9 Å². The fraction of sp³-hybridized carbons (Fsp3) is 0.176. The van der Waals surface area contributed by atoms with Crippen LogP contribution in [-0.2, 0) is 19.6 Å². The maximum atomic E-state index is 12.6. The van der Waals surface area contributed by atoms with Crippen LogP contribution in [0.2, 0.25) is 0 Å². The Kier molecular flexibility index (Phi) is 5.68. The molecule has 24 heavy (non-hydrogen) atoms. The van der Waals surface area contributed by atoms with Gasteiger partial charge in [0.1, 0.15) is 6.04 Å². The second-order valence-corrected chi connectivity index (χ2v) is 6.57. The van der Waals surface area contributed by atoms with Crippen molar-refractivity contribution in [2.24, 2.45) is 0 Å². The second kappa shape index (κ2) is 7.73. The molecule has 0 spiro atoms. The lowest BCUT2D eigenvalue weighted by Gasteiger charge is -2.18. The highest BCUT2D eigenvalue weighted by atomic mass is 32.2. The molecule has 0 heterocycles. The summed E-state index contributed by atoms with van der Waals surface area (Å²) >= 11 is 0. The number of nitriles is 1. The van der Waals surface area contributed by atoms with Crippen LogP contribution in [0.3, 0.4) is 0 Å². The minimum Gasteiger partial charge on any atom is -0.465 e. The van der Waals surface area contributed by atoms with Gasteiger partial charge < -0.3 is 4.74 Å². The molecule has 0 aromatic heterocycles. The first kappa shape index (κ1) is 17.7. The van der Waals surface area contributed by atoms with Crippen LogP contribution in [0.5, 0.6) is 0 Å². The molecule has 2 aromatic rings. The third-order valence-electron chi connectivity index (χ3n) is 3.20. The molecule has 1 N–H and O–H groups in total. The second-order valence-electron chi connectivity index (χ2n) is 4.86. The molecule has 1 atom stereocenters. The van der Waals surface area contributed by atoms with E-state index in [4.69, 9.17) is 10.00 Å². The highest BCUT2D eigenvalue weighted by molar-refractivity contribution is 7.89. The molecule has 0 amide bonds. The zero-order valence-corrected chi connectivity index (χ0v) is 13.8. The summed E-state index contributed by atoms with van der Waals surface area (Å²) in [6.45, 7) is 1.78. The van der Waals surface area contributed by atoms with Crippen molar-refractivity contribution in [3.8, 4) is 6.07 Å². The molecule has 0 radical (unpaired) electrons. The van der Waals surface area contributed by atoms with Crippen LogP contribution in [0, 0.1) is 11.3 Å². The van der Waals surface area contributed by atoms with E-state index in [0.29, 0.717) is 5.56 Å². The van der Waals surface area contributed by atoms with Gasteiger partial charge in [0.05, 0.1) is 23.1 Å². The minimum atomic E-state index is -4.01. The highest BCUT2D eigenvalue weighted by Crippen LogP contribution is 2.19. The number of rotatable bonds is 6. The van der Waals surface area contributed by atoms with Crippen LogP contribution in [0.4, 0.5) is 0 Å². The van der Waals surface area contributed by atoms with Crippen molar-refractivity contribution in [1.82, 2.24) is 4.72 Å². The van der Waals surface area contributed by atoms with Crippen molar-refractivity contribution in [2.45, 2.75) is 17.9 Å². The number of ether oxygens (including phenoxy) is 1. The highest BCUT2D eigenvalue weighted by Gasteiger charge is 2.28. The third kappa shape index (κ3) is 4.19. The van der Waals surface area contributed by atoms with Gasteiger partial charge in [-0.25, -0.2) is 13.2 Å². The summed E-state index contributed by atoms with van der Waals surface area (Å²) in [5.74, 6) is -0.691. The molecule has 7 heteroatoms. The maximum Gasteiger partial charge on any atom is 0.328 e. The summed E-state index contributed by atoms with van der Waals surface area (Å²) in [7, 11) is -4.01. The number of carbonyl (C=O) groups is 1. The first-order chi connectivity index (χ1) is 11.5. The van der Waals surface area contributed by atoms with Gasteiger partial charge in [-0.05, 0) is 30.7 Å². The fourth-order valence-electron chi connectivity index (χ4n) is 2.08. The van der Waals surface area contributed by atoms with Gasteiger partial charge in [-0.1, -0.05) is 36.4 Å². The number of benzene rings is 2. The Bertz CT molecular complexity index is 858. The van der Waals surface area contributed by atoms with E-state index in [0.717, 1.165) is 0 Å². The van der Waals surface area contributed by atoms with Crippen molar-refractivity contribution >= 4 is 16.0 Å². The van der Waals surface area contributed by atoms with E-state index in [9.17, 15) is 13.2 Å². The molecule has 0 aliphatic carbocycles. The third-order valence-corrected chi connectivity index (χ3v) is 4.62. The molecular formula is C17H16N2O4S. The molecule has 6 nitrogen and oxygen atoms in total. The molecule has 2 aromatic carbocycles. The zero-order valence-electron chi connectivity index (χ0n) is 13.0. The predicted octanol–water partition coefficient (Wildman–Crippen LogP) is 2.14. The molecule has 124 valence electrons. The number of nitrogens with zero attached hydrogens (tertiary/aromatic N) is 1. The van der Waals surface area contributed by atoms with Crippen LogP contribution in [-0.4, -0.2) is 21.0 Å². The zero-order chi connectivity index (χ0) is 17.6. The smallest absolute Gasteiger partial charge is 0.328 e. The first-order valence-corrected chi connectivity index (χ1v) is 8.70. The van der Waals surface area contributed by atoms with Crippen molar-refractivity contribution in [3.05, 3.63) is 65.7 Å². The van der Waals surface area contributed by atoms with E-state index in [1.54, 1.807) is 37.3 Å². The molecule has 2 rings (SSSR count). The lowest BCUT2D eigenvalue weighted by Crippen LogP contribution is -2.35. The minimum absolute atomic E-state index is 0.0909. The molecule has 0 saturated heterocycles. The molecule has 1 unspecified atom stereocenters. The van der Waals surface area contributed by atoms with Gasteiger partial charge >= 0.3 is 5.97 Å². The lowest BCUT2D eigenvalue weighted by molar-refractivity contribution is -0.145. The number of esters is 1. The summed E-state index contributed by atoms with van der Waals surface area (Å²) in [6.07, 6.45) is 0. The van der Waals surface area contributed by atoms with Crippen LogP contribution < -0.4 is 4.72 Å². The number of nitrogens with one attached hydrogen (secondary N) is 1. The molecule has 0 fully saturated rings. The van der Waals surface area contributed by atoms with Gasteiger partial charge in [0.25, 0.3) is 0 Å². The van der Waals surface area contributed by atoms with Gasteiger partial charge in [-0.15, -0.1) is 0 Å². The van der Waals surface area contributed by atoms with E-state index in [2.05, 4.69) is 4.72 Å². The average Bonchev–Trinajstić information content (AvgIpc) is 2.60. The topological polar surface area (TPSA) is 96.3 Å². The fourth-order valence-corrected chi connectivity index (χ4v) is 3.30. The van der Waals surface area contributed by atoms with Gasteiger partial charge in [-0.2, -0.15) is 9.98 Å². The van der Waals surface area contributed by atoms with Crippen molar-refractivity contribution in [3.63, 3.8) is 0 Å². The summed E-state index contributed by atoms with van der Waals surface area (Å²) in [5, 5.41) is 8.91. The summed E-state index contributed by atoms with van der Waals surface area (Å²) in [4.78, 5) is 12.1. The molecule has 0 bridgehead atoms. The van der Waals surface area contributed by atoms with Crippen LogP contribution in [0.15, 0.2) is 59.5 Å². The molecule has 0 saturated carbocycles.